The summed E-state index contributed by atoms with van der Waals surface area (Å²) < 4.78 is 30.9. The second kappa shape index (κ2) is 7.31. The van der Waals surface area contributed by atoms with Crippen molar-refractivity contribution in [2.24, 2.45) is 0 Å². The fourth-order valence-corrected chi connectivity index (χ4v) is 1.70. The molecule has 0 spiro atoms. The molecule has 0 atom stereocenters. The van der Waals surface area contributed by atoms with Crippen molar-refractivity contribution in [1.82, 2.24) is 5.32 Å². The number of esters is 1. The Hall–Kier alpha value is -2.76. The number of hydrogen-bond acceptors (Lipinski definition) is 3. The molecule has 0 aliphatic heterocycles. The molecule has 2 aromatic carbocycles. The Morgan fingerprint density at radius 3 is 2.45 bits per heavy atom. The maximum Gasteiger partial charge on any atom is 0.338 e. The highest BCUT2D eigenvalue weighted by atomic mass is 19.1. The maximum absolute atomic E-state index is 13.4. The van der Waals surface area contributed by atoms with Gasteiger partial charge in [0.2, 0.25) is 0 Å². The number of carbonyl (C=O) groups excluding carboxylic acids is 2. The lowest BCUT2D eigenvalue weighted by Gasteiger charge is -2.07. The van der Waals surface area contributed by atoms with Crippen LogP contribution in [0.5, 0.6) is 0 Å². The molecule has 6 heteroatoms. The van der Waals surface area contributed by atoms with Crippen LogP contribution in [0.25, 0.3) is 0 Å². The lowest BCUT2D eigenvalue weighted by Crippen LogP contribution is -2.28. The molecule has 1 amide bonds. The van der Waals surface area contributed by atoms with Crippen molar-refractivity contribution in [3.63, 3.8) is 0 Å². The van der Waals surface area contributed by atoms with E-state index in [9.17, 15) is 18.4 Å². The van der Waals surface area contributed by atoms with Gasteiger partial charge in [-0.15, -0.1) is 0 Å². The van der Waals surface area contributed by atoms with Crippen molar-refractivity contribution in [3.05, 3.63) is 71.3 Å². The summed E-state index contributed by atoms with van der Waals surface area (Å²) in [6, 6.07) is 11.3. The van der Waals surface area contributed by atoms with E-state index in [1.165, 1.54) is 6.07 Å². The Kier molecular flexibility index (Phi) is 5.19. The summed E-state index contributed by atoms with van der Waals surface area (Å²) in [4.78, 5) is 23.2. The number of benzene rings is 2. The first-order chi connectivity index (χ1) is 10.6. The fraction of sp³-hybridized carbons (Fsp3) is 0.125. The van der Waals surface area contributed by atoms with Gasteiger partial charge in [-0.1, -0.05) is 24.3 Å². The van der Waals surface area contributed by atoms with Crippen LogP contribution in [-0.4, -0.2) is 18.5 Å². The van der Waals surface area contributed by atoms with Crippen molar-refractivity contribution < 1.29 is 23.1 Å². The number of hydrogen-bond donors (Lipinski definition) is 1. The topological polar surface area (TPSA) is 55.4 Å². The number of amides is 1. The average Bonchev–Trinajstić information content (AvgIpc) is 2.52. The molecule has 0 aliphatic carbocycles. The summed E-state index contributed by atoms with van der Waals surface area (Å²) in [6.45, 7) is -0.593. The Morgan fingerprint density at radius 2 is 1.77 bits per heavy atom. The van der Waals surface area contributed by atoms with E-state index in [0.717, 1.165) is 12.1 Å². The Labute approximate surface area is 125 Å². The summed E-state index contributed by atoms with van der Waals surface area (Å²) in [5.41, 5.74) is 0.476. The average molecular weight is 305 g/mol. The zero-order valence-corrected chi connectivity index (χ0v) is 11.5. The van der Waals surface area contributed by atoms with E-state index < -0.39 is 30.1 Å². The van der Waals surface area contributed by atoms with Crippen LogP contribution in [0, 0.1) is 11.6 Å². The third-order valence-corrected chi connectivity index (χ3v) is 2.83. The molecule has 0 saturated carbocycles. The van der Waals surface area contributed by atoms with E-state index in [1.54, 1.807) is 30.3 Å². The molecule has 2 aromatic rings. The van der Waals surface area contributed by atoms with Crippen LogP contribution in [0.2, 0.25) is 0 Å². The van der Waals surface area contributed by atoms with E-state index in [-0.39, 0.29) is 12.1 Å². The molecule has 0 aliphatic rings. The van der Waals surface area contributed by atoms with Gasteiger partial charge in [0.15, 0.2) is 6.61 Å². The molecule has 0 fully saturated rings. The molecule has 0 radical (unpaired) electrons. The SMILES string of the molecule is O=C(COC(=O)c1ccccc1)NCc1ccc(F)cc1F. The van der Waals surface area contributed by atoms with Gasteiger partial charge in [-0.3, -0.25) is 4.79 Å². The highest BCUT2D eigenvalue weighted by Crippen LogP contribution is 2.09. The van der Waals surface area contributed by atoms with Crippen molar-refractivity contribution in [2.75, 3.05) is 6.61 Å². The Bertz CT molecular complexity index is 674. The second-order valence-electron chi connectivity index (χ2n) is 4.45. The van der Waals surface area contributed by atoms with E-state index in [4.69, 9.17) is 4.74 Å². The van der Waals surface area contributed by atoms with Crippen LogP contribution in [0.3, 0.4) is 0 Å². The van der Waals surface area contributed by atoms with Crippen LogP contribution in [0.4, 0.5) is 8.78 Å². The largest absolute Gasteiger partial charge is 0.452 e. The van der Waals surface area contributed by atoms with Crippen LogP contribution >= 0.6 is 0 Å². The van der Waals surface area contributed by atoms with Crippen molar-refractivity contribution >= 4 is 11.9 Å². The first kappa shape index (κ1) is 15.6. The van der Waals surface area contributed by atoms with Crippen LogP contribution in [0.1, 0.15) is 15.9 Å². The lowest BCUT2D eigenvalue weighted by molar-refractivity contribution is -0.124. The van der Waals surface area contributed by atoms with Crippen LogP contribution in [-0.2, 0) is 16.1 Å². The molecule has 0 unspecified atom stereocenters. The maximum atomic E-state index is 13.4. The molecule has 1 N–H and O–H groups in total. The van der Waals surface area contributed by atoms with E-state index in [0.29, 0.717) is 5.56 Å². The zero-order valence-electron chi connectivity index (χ0n) is 11.5. The van der Waals surface area contributed by atoms with Gasteiger partial charge in [0.25, 0.3) is 5.91 Å². The van der Waals surface area contributed by atoms with Gasteiger partial charge in [-0.05, 0) is 18.2 Å². The number of nitrogens with one attached hydrogen (secondary N) is 1. The molecule has 0 aromatic heterocycles. The van der Waals surface area contributed by atoms with Gasteiger partial charge < -0.3 is 10.1 Å². The van der Waals surface area contributed by atoms with Crippen LogP contribution < -0.4 is 5.32 Å². The summed E-state index contributed by atoms with van der Waals surface area (Å²) in [5, 5.41) is 2.39. The molecule has 22 heavy (non-hydrogen) atoms. The predicted octanol–water partition coefficient (Wildman–Crippen LogP) is 2.44. The monoisotopic (exact) mass is 305 g/mol. The van der Waals surface area contributed by atoms with Gasteiger partial charge >= 0.3 is 5.97 Å². The normalized spacial score (nSPS) is 10.1. The molecule has 0 heterocycles. The van der Waals surface area contributed by atoms with Gasteiger partial charge in [-0.25, -0.2) is 13.6 Å². The third kappa shape index (κ3) is 4.37. The molecular formula is C16H13F2NO3. The minimum absolute atomic E-state index is 0.117. The summed E-state index contributed by atoms with van der Waals surface area (Å²) in [5.74, 6) is -2.64. The molecule has 114 valence electrons. The molecule has 4 nitrogen and oxygen atoms in total. The Balaban J connectivity index is 1.80. The van der Waals surface area contributed by atoms with Gasteiger partial charge in [0, 0.05) is 18.2 Å². The van der Waals surface area contributed by atoms with E-state index >= 15 is 0 Å². The van der Waals surface area contributed by atoms with E-state index in [2.05, 4.69) is 5.32 Å². The van der Waals surface area contributed by atoms with Gasteiger partial charge in [0.05, 0.1) is 5.56 Å². The van der Waals surface area contributed by atoms with Crippen molar-refractivity contribution in [2.45, 2.75) is 6.54 Å². The first-order valence-electron chi connectivity index (χ1n) is 6.49. The third-order valence-electron chi connectivity index (χ3n) is 2.83. The molecule has 2 rings (SSSR count). The number of ether oxygens (including phenoxy) is 1. The summed E-state index contributed by atoms with van der Waals surface area (Å²) >= 11 is 0. The second-order valence-corrected chi connectivity index (χ2v) is 4.45. The first-order valence-corrected chi connectivity index (χ1v) is 6.49. The standard InChI is InChI=1S/C16H13F2NO3/c17-13-7-6-12(14(18)8-13)9-19-15(20)10-22-16(21)11-4-2-1-3-5-11/h1-8H,9-10H2,(H,19,20). The highest BCUT2D eigenvalue weighted by molar-refractivity contribution is 5.91. The molecule has 0 bridgehead atoms. The minimum Gasteiger partial charge on any atom is -0.452 e. The van der Waals surface area contributed by atoms with Crippen molar-refractivity contribution in [3.8, 4) is 0 Å². The number of halogens is 2. The van der Waals surface area contributed by atoms with E-state index in [1.807, 2.05) is 0 Å². The minimum atomic E-state index is -0.749. The predicted molar refractivity (Wildman–Crippen MR) is 74.9 cm³/mol. The van der Waals surface area contributed by atoms with Crippen molar-refractivity contribution in [1.29, 1.82) is 0 Å². The number of rotatable bonds is 5. The van der Waals surface area contributed by atoms with Gasteiger partial charge in [0.1, 0.15) is 11.6 Å². The molecular weight excluding hydrogens is 292 g/mol. The highest BCUT2D eigenvalue weighted by Gasteiger charge is 2.10. The summed E-state index contributed by atoms with van der Waals surface area (Å²) in [7, 11) is 0. The van der Waals surface area contributed by atoms with Crippen LogP contribution in [0.15, 0.2) is 48.5 Å². The summed E-state index contributed by atoms with van der Waals surface area (Å²) in [6.07, 6.45) is 0. The fourth-order valence-electron chi connectivity index (χ4n) is 1.70. The molecule has 0 saturated heterocycles. The number of carbonyl (C=O) groups is 2. The zero-order chi connectivity index (χ0) is 15.9. The smallest absolute Gasteiger partial charge is 0.338 e. The lowest BCUT2D eigenvalue weighted by atomic mass is 10.2. The Morgan fingerprint density at radius 1 is 1.05 bits per heavy atom. The van der Waals surface area contributed by atoms with Gasteiger partial charge in [-0.2, -0.15) is 0 Å². The quantitative estimate of drug-likeness (QED) is 0.863.